The van der Waals surface area contributed by atoms with Gasteiger partial charge in [-0.25, -0.2) is 13.8 Å². The molecule has 0 saturated heterocycles. The Labute approximate surface area is 120 Å². The number of H-pyrrole nitrogens is 1. The Hall–Kier alpha value is -2.43. The molecule has 3 aromatic rings. The quantitative estimate of drug-likeness (QED) is 0.777. The third-order valence-corrected chi connectivity index (χ3v) is 3.10. The monoisotopic (exact) mass is 288 g/mol. The summed E-state index contributed by atoms with van der Waals surface area (Å²) >= 11 is 0. The van der Waals surface area contributed by atoms with Gasteiger partial charge in [0.15, 0.2) is 11.6 Å². The molecule has 1 N–H and O–H groups in total. The molecule has 21 heavy (non-hydrogen) atoms. The number of rotatable bonds is 4. The van der Waals surface area contributed by atoms with Gasteiger partial charge in [0.1, 0.15) is 11.6 Å². The van der Waals surface area contributed by atoms with E-state index in [4.69, 9.17) is 4.74 Å². The molecule has 0 unspecified atom stereocenters. The second-order valence-electron chi connectivity index (χ2n) is 4.75. The van der Waals surface area contributed by atoms with Crippen molar-refractivity contribution in [1.82, 2.24) is 9.97 Å². The van der Waals surface area contributed by atoms with Gasteiger partial charge < -0.3 is 9.72 Å². The van der Waals surface area contributed by atoms with Crippen LogP contribution in [-0.4, -0.2) is 16.6 Å². The van der Waals surface area contributed by atoms with Gasteiger partial charge in [-0.05, 0) is 18.6 Å². The molecule has 3 rings (SSSR count). The standard InChI is InChI=1S/C16H14F2N2O/c1-2-6-21-11-5-3-4-10(7-11)16-19-14-8-12(17)13(18)9-15(14)20-16/h3-5,7-9H,2,6H2,1H3,(H,19,20). The first-order chi connectivity index (χ1) is 10.2. The van der Waals surface area contributed by atoms with Crippen molar-refractivity contribution in [3.8, 4) is 17.1 Å². The lowest BCUT2D eigenvalue weighted by atomic mass is 10.2. The predicted octanol–water partition coefficient (Wildman–Crippen LogP) is 4.30. The summed E-state index contributed by atoms with van der Waals surface area (Å²) in [5.41, 5.74) is 1.66. The molecule has 3 nitrogen and oxygen atoms in total. The van der Waals surface area contributed by atoms with Crippen LogP contribution in [0.4, 0.5) is 8.78 Å². The van der Waals surface area contributed by atoms with Crippen molar-refractivity contribution >= 4 is 11.0 Å². The predicted molar refractivity (Wildman–Crippen MR) is 77.2 cm³/mol. The summed E-state index contributed by atoms with van der Waals surface area (Å²) in [5, 5.41) is 0. The normalized spacial score (nSPS) is 11.0. The summed E-state index contributed by atoms with van der Waals surface area (Å²) in [7, 11) is 0. The summed E-state index contributed by atoms with van der Waals surface area (Å²) in [4.78, 5) is 7.28. The highest BCUT2D eigenvalue weighted by Gasteiger charge is 2.10. The fraction of sp³-hybridized carbons (Fsp3) is 0.188. The van der Waals surface area contributed by atoms with Crippen LogP contribution in [0.1, 0.15) is 13.3 Å². The van der Waals surface area contributed by atoms with E-state index < -0.39 is 11.6 Å². The van der Waals surface area contributed by atoms with E-state index in [1.54, 1.807) is 0 Å². The highest BCUT2D eigenvalue weighted by atomic mass is 19.2. The number of hydrogen-bond acceptors (Lipinski definition) is 2. The van der Waals surface area contributed by atoms with Gasteiger partial charge in [0.25, 0.3) is 0 Å². The number of hydrogen-bond donors (Lipinski definition) is 1. The number of nitrogens with zero attached hydrogens (tertiary/aromatic N) is 1. The van der Waals surface area contributed by atoms with E-state index in [1.807, 2.05) is 31.2 Å². The zero-order valence-electron chi connectivity index (χ0n) is 11.5. The minimum atomic E-state index is -0.902. The number of fused-ring (bicyclic) bond motifs is 1. The van der Waals surface area contributed by atoms with Crippen molar-refractivity contribution in [3.05, 3.63) is 48.0 Å². The average molecular weight is 288 g/mol. The van der Waals surface area contributed by atoms with Crippen LogP contribution in [0.15, 0.2) is 36.4 Å². The van der Waals surface area contributed by atoms with Gasteiger partial charge in [0.05, 0.1) is 17.6 Å². The van der Waals surface area contributed by atoms with Crippen LogP contribution < -0.4 is 4.74 Å². The van der Waals surface area contributed by atoms with Gasteiger partial charge in [0, 0.05) is 17.7 Å². The Morgan fingerprint density at radius 2 is 1.95 bits per heavy atom. The van der Waals surface area contributed by atoms with E-state index in [2.05, 4.69) is 9.97 Å². The van der Waals surface area contributed by atoms with E-state index in [0.29, 0.717) is 23.5 Å². The highest BCUT2D eigenvalue weighted by molar-refractivity contribution is 5.79. The van der Waals surface area contributed by atoms with E-state index in [-0.39, 0.29) is 0 Å². The van der Waals surface area contributed by atoms with Crippen molar-refractivity contribution in [3.63, 3.8) is 0 Å². The summed E-state index contributed by atoms with van der Waals surface area (Å²) in [6.45, 7) is 2.67. The molecule has 5 heteroatoms. The molecular weight excluding hydrogens is 274 g/mol. The van der Waals surface area contributed by atoms with Crippen LogP contribution >= 0.6 is 0 Å². The Kier molecular flexibility index (Phi) is 3.56. The first-order valence-electron chi connectivity index (χ1n) is 6.75. The third kappa shape index (κ3) is 2.72. The molecule has 1 aromatic heterocycles. The largest absolute Gasteiger partial charge is 0.494 e. The molecule has 0 aliphatic carbocycles. The molecule has 0 bridgehead atoms. The number of aromatic nitrogens is 2. The van der Waals surface area contributed by atoms with E-state index >= 15 is 0 Å². The number of imidazole rings is 1. The van der Waals surface area contributed by atoms with Crippen molar-refractivity contribution in [2.24, 2.45) is 0 Å². The van der Waals surface area contributed by atoms with Crippen molar-refractivity contribution in [2.45, 2.75) is 13.3 Å². The molecule has 0 atom stereocenters. The molecule has 2 aromatic carbocycles. The van der Waals surface area contributed by atoms with Gasteiger partial charge in [-0.15, -0.1) is 0 Å². The van der Waals surface area contributed by atoms with Gasteiger partial charge in [-0.3, -0.25) is 0 Å². The topological polar surface area (TPSA) is 37.9 Å². The molecule has 108 valence electrons. The lowest BCUT2D eigenvalue weighted by Gasteiger charge is -2.05. The van der Waals surface area contributed by atoms with Crippen molar-refractivity contribution in [2.75, 3.05) is 6.61 Å². The maximum atomic E-state index is 13.2. The first kappa shape index (κ1) is 13.5. The Bertz CT molecular complexity index is 744. The van der Waals surface area contributed by atoms with Crippen LogP contribution in [0.2, 0.25) is 0 Å². The molecule has 0 aliphatic rings. The minimum Gasteiger partial charge on any atom is -0.494 e. The second-order valence-corrected chi connectivity index (χ2v) is 4.75. The average Bonchev–Trinajstić information content (AvgIpc) is 2.89. The molecule has 0 radical (unpaired) electrons. The fourth-order valence-electron chi connectivity index (χ4n) is 2.09. The first-order valence-corrected chi connectivity index (χ1v) is 6.75. The Morgan fingerprint density at radius 3 is 2.76 bits per heavy atom. The second kappa shape index (κ2) is 5.52. The summed E-state index contributed by atoms with van der Waals surface area (Å²) in [6, 6.07) is 9.62. The third-order valence-electron chi connectivity index (χ3n) is 3.10. The van der Waals surface area contributed by atoms with E-state index in [0.717, 1.165) is 29.9 Å². The van der Waals surface area contributed by atoms with Gasteiger partial charge in [-0.2, -0.15) is 0 Å². The molecule has 1 heterocycles. The molecule has 0 saturated carbocycles. The number of aromatic amines is 1. The summed E-state index contributed by atoms with van der Waals surface area (Å²) in [6.07, 6.45) is 0.924. The van der Waals surface area contributed by atoms with Gasteiger partial charge in [0.2, 0.25) is 0 Å². The molecule has 0 fully saturated rings. The minimum absolute atomic E-state index is 0.392. The number of halogens is 2. The Balaban J connectivity index is 2.00. The van der Waals surface area contributed by atoms with Crippen LogP contribution in [-0.2, 0) is 0 Å². The van der Waals surface area contributed by atoms with Crippen LogP contribution in [0, 0.1) is 11.6 Å². The molecule has 0 aliphatic heterocycles. The molecular formula is C16H14F2N2O. The molecule has 0 amide bonds. The van der Waals surface area contributed by atoms with Crippen molar-refractivity contribution in [1.29, 1.82) is 0 Å². The summed E-state index contributed by atoms with van der Waals surface area (Å²) < 4.78 is 32.0. The smallest absolute Gasteiger partial charge is 0.161 e. The van der Waals surface area contributed by atoms with E-state index in [1.165, 1.54) is 0 Å². The van der Waals surface area contributed by atoms with Crippen LogP contribution in [0.3, 0.4) is 0 Å². The zero-order valence-corrected chi connectivity index (χ0v) is 11.5. The van der Waals surface area contributed by atoms with Gasteiger partial charge in [-0.1, -0.05) is 19.1 Å². The summed E-state index contributed by atoms with van der Waals surface area (Å²) in [5.74, 6) is -0.498. The van der Waals surface area contributed by atoms with Gasteiger partial charge >= 0.3 is 0 Å². The molecule has 0 spiro atoms. The van der Waals surface area contributed by atoms with Crippen LogP contribution in [0.25, 0.3) is 22.4 Å². The zero-order chi connectivity index (χ0) is 14.8. The fourth-order valence-corrected chi connectivity index (χ4v) is 2.09. The number of benzene rings is 2. The SMILES string of the molecule is CCCOc1cccc(-c2nc3cc(F)c(F)cc3[nH]2)c1. The maximum Gasteiger partial charge on any atom is 0.161 e. The number of nitrogens with one attached hydrogen (secondary N) is 1. The Morgan fingerprint density at radius 1 is 1.14 bits per heavy atom. The number of ether oxygens (including phenoxy) is 1. The lowest BCUT2D eigenvalue weighted by Crippen LogP contribution is -1.94. The van der Waals surface area contributed by atoms with E-state index in [9.17, 15) is 8.78 Å². The van der Waals surface area contributed by atoms with Crippen LogP contribution in [0.5, 0.6) is 5.75 Å². The highest BCUT2D eigenvalue weighted by Crippen LogP contribution is 2.25. The maximum absolute atomic E-state index is 13.2. The van der Waals surface area contributed by atoms with Crippen molar-refractivity contribution < 1.29 is 13.5 Å². The lowest BCUT2D eigenvalue weighted by molar-refractivity contribution is 0.317.